The molecule has 0 aliphatic carbocycles. The van der Waals surface area contributed by atoms with Crippen LogP contribution in [0.1, 0.15) is 0 Å². The Balaban J connectivity index is 2.01. The van der Waals surface area contributed by atoms with E-state index in [-0.39, 0.29) is 5.82 Å². The van der Waals surface area contributed by atoms with Crippen LogP contribution in [0.15, 0.2) is 41.1 Å². The van der Waals surface area contributed by atoms with Crippen molar-refractivity contribution < 1.29 is 9.18 Å². The van der Waals surface area contributed by atoms with Crippen LogP contribution in [0.2, 0.25) is 5.02 Å². The molecule has 98 valence electrons. The fourth-order valence-electron chi connectivity index (χ4n) is 1.32. The summed E-state index contributed by atoms with van der Waals surface area (Å²) in [6.45, 7) is 0. The SMILES string of the molecule is O=C(Nc1ccc(F)cc1)Nc1cnc(Br)c(Cl)c1. The van der Waals surface area contributed by atoms with E-state index in [0.29, 0.717) is 21.0 Å². The average Bonchev–Trinajstić information content (AvgIpc) is 2.37. The fourth-order valence-corrected chi connectivity index (χ4v) is 1.70. The normalized spacial score (nSPS) is 10.1. The van der Waals surface area contributed by atoms with Gasteiger partial charge in [-0.3, -0.25) is 0 Å². The molecule has 1 aromatic carbocycles. The van der Waals surface area contributed by atoms with E-state index in [1.165, 1.54) is 30.5 Å². The van der Waals surface area contributed by atoms with Crippen LogP contribution in [-0.4, -0.2) is 11.0 Å². The van der Waals surface area contributed by atoms with Gasteiger partial charge in [-0.2, -0.15) is 0 Å². The highest BCUT2D eigenvalue weighted by Gasteiger charge is 2.05. The topological polar surface area (TPSA) is 54.0 Å². The number of pyridine rings is 1. The molecule has 2 aromatic rings. The van der Waals surface area contributed by atoms with Gasteiger partial charge in [-0.1, -0.05) is 11.6 Å². The molecule has 1 heterocycles. The molecule has 0 atom stereocenters. The van der Waals surface area contributed by atoms with E-state index in [4.69, 9.17) is 11.6 Å². The van der Waals surface area contributed by atoms with Crippen molar-refractivity contribution in [2.75, 3.05) is 10.6 Å². The number of nitrogens with one attached hydrogen (secondary N) is 2. The quantitative estimate of drug-likeness (QED) is 0.799. The smallest absolute Gasteiger partial charge is 0.308 e. The summed E-state index contributed by atoms with van der Waals surface area (Å²) >= 11 is 9.00. The average molecular weight is 345 g/mol. The number of aromatic nitrogens is 1. The van der Waals surface area contributed by atoms with E-state index in [1.54, 1.807) is 6.07 Å². The third-order valence-corrected chi connectivity index (χ3v) is 3.30. The molecule has 0 spiro atoms. The largest absolute Gasteiger partial charge is 0.323 e. The number of carbonyl (C=O) groups excluding carboxylic acids is 1. The Morgan fingerprint density at radius 1 is 1.21 bits per heavy atom. The van der Waals surface area contributed by atoms with E-state index in [9.17, 15) is 9.18 Å². The summed E-state index contributed by atoms with van der Waals surface area (Å²) < 4.78 is 13.2. The highest BCUT2D eigenvalue weighted by Crippen LogP contribution is 2.22. The van der Waals surface area contributed by atoms with Gasteiger partial charge in [0.2, 0.25) is 0 Å². The first-order valence-corrected chi connectivity index (χ1v) is 6.36. The van der Waals surface area contributed by atoms with Crippen molar-refractivity contribution in [1.29, 1.82) is 0 Å². The Hall–Kier alpha value is -1.66. The van der Waals surface area contributed by atoms with Gasteiger partial charge in [0.05, 0.1) is 16.9 Å². The highest BCUT2D eigenvalue weighted by molar-refractivity contribution is 9.10. The van der Waals surface area contributed by atoms with E-state index in [2.05, 4.69) is 31.5 Å². The van der Waals surface area contributed by atoms with Crippen LogP contribution in [0.4, 0.5) is 20.6 Å². The van der Waals surface area contributed by atoms with E-state index >= 15 is 0 Å². The number of hydrogen-bond acceptors (Lipinski definition) is 2. The van der Waals surface area contributed by atoms with Crippen molar-refractivity contribution in [1.82, 2.24) is 4.98 Å². The van der Waals surface area contributed by atoms with Crippen LogP contribution in [0.5, 0.6) is 0 Å². The van der Waals surface area contributed by atoms with Crippen molar-refractivity contribution in [3.05, 3.63) is 52.0 Å². The monoisotopic (exact) mass is 343 g/mol. The van der Waals surface area contributed by atoms with Gasteiger partial charge in [0.1, 0.15) is 10.4 Å². The Kier molecular flexibility index (Phi) is 4.34. The third kappa shape index (κ3) is 3.90. The molecule has 19 heavy (non-hydrogen) atoms. The lowest BCUT2D eigenvalue weighted by molar-refractivity contribution is 0.262. The second-order valence-electron chi connectivity index (χ2n) is 3.58. The number of amides is 2. The van der Waals surface area contributed by atoms with Crippen LogP contribution in [0.25, 0.3) is 0 Å². The van der Waals surface area contributed by atoms with Crippen LogP contribution < -0.4 is 10.6 Å². The minimum atomic E-state index is -0.466. The lowest BCUT2D eigenvalue weighted by Gasteiger charge is -2.07. The summed E-state index contributed by atoms with van der Waals surface area (Å²) in [5, 5.41) is 5.50. The van der Waals surface area contributed by atoms with E-state index in [1.807, 2.05) is 0 Å². The van der Waals surface area contributed by atoms with Gasteiger partial charge < -0.3 is 10.6 Å². The van der Waals surface area contributed by atoms with Crippen LogP contribution in [0, 0.1) is 5.82 Å². The number of carbonyl (C=O) groups is 1. The molecule has 4 nitrogen and oxygen atoms in total. The minimum absolute atomic E-state index is 0.366. The van der Waals surface area contributed by atoms with Gasteiger partial charge in [0.15, 0.2) is 0 Å². The third-order valence-electron chi connectivity index (χ3n) is 2.16. The molecule has 2 rings (SSSR count). The minimum Gasteiger partial charge on any atom is -0.308 e. The van der Waals surface area contributed by atoms with Crippen molar-refractivity contribution >= 4 is 44.9 Å². The van der Waals surface area contributed by atoms with Gasteiger partial charge in [0, 0.05) is 5.69 Å². The molecule has 1 aromatic heterocycles. The zero-order chi connectivity index (χ0) is 13.8. The van der Waals surface area contributed by atoms with Gasteiger partial charge in [-0.15, -0.1) is 0 Å². The predicted octanol–water partition coefficient (Wildman–Crippen LogP) is 4.28. The molecule has 7 heteroatoms. The number of anilines is 2. The molecular weight excluding hydrogens is 337 g/mol. The molecule has 0 saturated heterocycles. The van der Waals surface area contributed by atoms with Crippen molar-refractivity contribution in [2.24, 2.45) is 0 Å². The Labute approximate surface area is 122 Å². The standard InChI is InChI=1S/C12H8BrClFN3O/c13-11-10(14)5-9(6-16-11)18-12(19)17-8-3-1-7(15)2-4-8/h1-6H,(H2,17,18,19). The summed E-state index contributed by atoms with van der Waals surface area (Å²) in [5.74, 6) is -0.366. The lowest BCUT2D eigenvalue weighted by atomic mass is 10.3. The molecule has 0 aliphatic rings. The van der Waals surface area contributed by atoms with Crippen LogP contribution >= 0.6 is 27.5 Å². The van der Waals surface area contributed by atoms with Crippen molar-refractivity contribution in [2.45, 2.75) is 0 Å². The Bertz CT molecular complexity index is 606. The second kappa shape index (κ2) is 5.99. The zero-order valence-electron chi connectivity index (χ0n) is 9.45. The van der Waals surface area contributed by atoms with Gasteiger partial charge in [-0.05, 0) is 46.3 Å². The van der Waals surface area contributed by atoms with Gasteiger partial charge in [0.25, 0.3) is 0 Å². The van der Waals surface area contributed by atoms with Crippen molar-refractivity contribution in [3.63, 3.8) is 0 Å². The summed E-state index contributed by atoms with van der Waals surface area (Å²) in [6.07, 6.45) is 1.46. The maximum Gasteiger partial charge on any atom is 0.323 e. The Morgan fingerprint density at radius 2 is 1.84 bits per heavy atom. The molecular formula is C12H8BrClFN3O. The van der Waals surface area contributed by atoms with Gasteiger partial charge in [-0.25, -0.2) is 14.2 Å². The zero-order valence-corrected chi connectivity index (χ0v) is 11.8. The number of urea groups is 1. The maximum atomic E-state index is 12.7. The maximum absolute atomic E-state index is 12.7. The molecule has 0 saturated carbocycles. The van der Waals surface area contributed by atoms with E-state index in [0.717, 1.165) is 0 Å². The molecule has 0 bridgehead atoms. The first-order chi connectivity index (χ1) is 9.04. The molecule has 0 aliphatic heterocycles. The number of hydrogen-bond donors (Lipinski definition) is 2. The Morgan fingerprint density at radius 3 is 2.47 bits per heavy atom. The first-order valence-electron chi connectivity index (χ1n) is 5.19. The second-order valence-corrected chi connectivity index (χ2v) is 4.74. The number of nitrogens with zero attached hydrogens (tertiary/aromatic N) is 1. The molecule has 2 amide bonds. The molecule has 0 unspecified atom stereocenters. The first kappa shape index (κ1) is 13.8. The van der Waals surface area contributed by atoms with Crippen molar-refractivity contribution in [3.8, 4) is 0 Å². The highest BCUT2D eigenvalue weighted by atomic mass is 79.9. The predicted molar refractivity (Wildman–Crippen MR) is 76.0 cm³/mol. The molecule has 0 fully saturated rings. The fraction of sp³-hybridized carbons (Fsp3) is 0. The van der Waals surface area contributed by atoms with Gasteiger partial charge >= 0.3 is 6.03 Å². The molecule has 0 radical (unpaired) electrons. The summed E-state index contributed by atoms with van der Waals surface area (Å²) in [5.41, 5.74) is 0.933. The number of halogens is 3. The van der Waals surface area contributed by atoms with Crippen LogP contribution in [-0.2, 0) is 0 Å². The number of benzene rings is 1. The molecule has 2 N–H and O–H groups in total. The summed E-state index contributed by atoms with van der Waals surface area (Å²) in [4.78, 5) is 15.6. The van der Waals surface area contributed by atoms with Crippen LogP contribution in [0.3, 0.4) is 0 Å². The summed E-state index contributed by atoms with van der Waals surface area (Å²) in [7, 11) is 0. The number of rotatable bonds is 2. The van der Waals surface area contributed by atoms with E-state index < -0.39 is 6.03 Å². The summed E-state index contributed by atoms with van der Waals surface area (Å²) in [6, 6.07) is 6.53. The lowest BCUT2D eigenvalue weighted by Crippen LogP contribution is -2.19.